The van der Waals surface area contributed by atoms with Crippen molar-refractivity contribution in [1.82, 2.24) is 10.3 Å². The average Bonchev–Trinajstić information content (AvgIpc) is 3.20. The van der Waals surface area contributed by atoms with Crippen LogP contribution in [0.4, 0.5) is 0 Å². The van der Waals surface area contributed by atoms with Crippen molar-refractivity contribution in [2.45, 2.75) is 25.7 Å². The topological polar surface area (TPSA) is 55.1 Å². The first-order chi connectivity index (χ1) is 12.8. The molecule has 2 aliphatic carbocycles. The zero-order valence-corrected chi connectivity index (χ0v) is 14.5. The molecule has 130 valence electrons. The molecule has 4 heteroatoms. The van der Waals surface area contributed by atoms with Crippen LogP contribution in [0.1, 0.15) is 46.6 Å². The molecular weight excluding hydrogens is 324 g/mol. The SMILES string of the molecule is O=C(NCC1CC1)c1c2c(nc3ccccc13)/C(=C/c1ccco1)CC2. The maximum Gasteiger partial charge on any atom is 0.252 e. The lowest BCUT2D eigenvalue weighted by molar-refractivity contribution is 0.0952. The lowest BCUT2D eigenvalue weighted by Gasteiger charge is -2.12. The molecule has 1 saturated carbocycles. The number of fused-ring (bicyclic) bond motifs is 2. The van der Waals surface area contributed by atoms with Crippen molar-refractivity contribution < 1.29 is 9.21 Å². The summed E-state index contributed by atoms with van der Waals surface area (Å²) in [7, 11) is 0. The zero-order valence-electron chi connectivity index (χ0n) is 14.5. The number of allylic oxidation sites excluding steroid dienone is 1. The second-order valence-electron chi connectivity index (χ2n) is 7.17. The molecule has 26 heavy (non-hydrogen) atoms. The highest BCUT2D eigenvalue weighted by molar-refractivity contribution is 6.09. The minimum atomic E-state index is 0.0333. The Labute approximate surface area is 151 Å². The molecule has 1 N–H and O–H groups in total. The molecule has 2 heterocycles. The van der Waals surface area contributed by atoms with Gasteiger partial charge < -0.3 is 9.73 Å². The van der Waals surface area contributed by atoms with Gasteiger partial charge in [0, 0.05) is 11.9 Å². The Morgan fingerprint density at radius 2 is 2.08 bits per heavy atom. The Morgan fingerprint density at radius 3 is 2.88 bits per heavy atom. The molecule has 3 aromatic rings. The van der Waals surface area contributed by atoms with Crippen LogP contribution in [0, 0.1) is 5.92 Å². The van der Waals surface area contributed by atoms with E-state index < -0.39 is 0 Å². The van der Waals surface area contributed by atoms with Gasteiger partial charge in [0.1, 0.15) is 5.76 Å². The summed E-state index contributed by atoms with van der Waals surface area (Å²) in [4.78, 5) is 17.9. The lowest BCUT2D eigenvalue weighted by atomic mass is 10.00. The van der Waals surface area contributed by atoms with Crippen molar-refractivity contribution in [3.63, 3.8) is 0 Å². The Kier molecular flexibility index (Phi) is 3.63. The molecule has 1 fully saturated rings. The van der Waals surface area contributed by atoms with E-state index >= 15 is 0 Å². The maximum absolute atomic E-state index is 13.0. The van der Waals surface area contributed by atoms with Gasteiger partial charge in [-0.1, -0.05) is 18.2 Å². The van der Waals surface area contributed by atoms with Crippen LogP contribution in [0.5, 0.6) is 0 Å². The van der Waals surface area contributed by atoms with E-state index in [-0.39, 0.29) is 5.91 Å². The number of benzene rings is 1. The largest absolute Gasteiger partial charge is 0.465 e. The summed E-state index contributed by atoms with van der Waals surface area (Å²) in [6, 6.07) is 11.8. The fourth-order valence-electron chi connectivity index (χ4n) is 3.73. The number of hydrogen-bond acceptors (Lipinski definition) is 3. The minimum absolute atomic E-state index is 0.0333. The van der Waals surface area contributed by atoms with E-state index in [0.29, 0.717) is 5.92 Å². The fraction of sp³-hybridized carbons (Fsp3) is 0.273. The second kappa shape index (κ2) is 6.13. The number of amides is 1. The van der Waals surface area contributed by atoms with Crippen molar-refractivity contribution in [3.05, 3.63) is 65.2 Å². The molecule has 0 bridgehead atoms. The standard InChI is InChI=1S/C22H20N2O2/c25-22(23-13-14-7-8-14)20-17-5-1-2-6-19(17)24-21-15(9-10-18(20)21)12-16-4-3-11-26-16/h1-6,11-12,14H,7-10,13H2,(H,23,25)/b15-12+. The van der Waals surface area contributed by atoms with Crippen molar-refractivity contribution >= 4 is 28.5 Å². The van der Waals surface area contributed by atoms with Gasteiger partial charge in [-0.15, -0.1) is 0 Å². The molecule has 1 aromatic carbocycles. The first kappa shape index (κ1) is 15.4. The van der Waals surface area contributed by atoms with E-state index in [1.807, 2.05) is 42.5 Å². The van der Waals surface area contributed by atoms with Crippen LogP contribution >= 0.6 is 0 Å². The number of rotatable bonds is 4. The molecule has 0 aliphatic heterocycles. The van der Waals surface area contributed by atoms with Crippen LogP contribution in [0.3, 0.4) is 0 Å². The number of nitrogens with zero attached hydrogens (tertiary/aromatic N) is 1. The van der Waals surface area contributed by atoms with Gasteiger partial charge in [-0.3, -0.25) is 4.79 Å². The van der Waals surface area contributed by atoms with Crippen LogP contribution in [-0.2, 0) is 6.42 Å². The summed E-state index contributed by atoms with van der Waals surface area (Å²) in [6.07, 6.45) is 7.89. The third-order valence-electron chi connectivity index (χ3n) is 5.28. The Bertz CT molecular complexity index is 1010. The number of nitrogens with one attached hydrogen (secondary N) is 1. The quantitative estimate of drug-likeness (QED) is 0.760. The smallest absolute Gasteiger partial charge is 0.252 e. The lowest BCUT2D eigenvalue weighted by Crippen LogP contribution is -2.27. The summed E-state index contributed by atoms with van der Waals surface area (Å²) in [5, 5.41) is 4.08. The van der Waals surface area contributed by atoms with Crippen molar-refractivity contribution in [1.29, 1.82) is 0 Å². The highest BCUT2D eigenvalue weighted by atomic mass is 16.3. The van der Waals surface area contributed by atoms with E-state index in [1.165, 1.54) is 12.8 Å². The molecule has 2 aromatic heterocycles. The van der Waals surface area contributed by atoms with E-state index in [9.17, 15) is 4.79 Å². The van der Waals surface area contributed by atoms with Gasteiger partial charge in [0.05, 0.1) is 23.0 Å². The number of carbonyl (C=O) groups excluding carboxylic acids is 1. The van der Waals surface area contributed by atoms with Crippen molar-refractivity contribution in [2.24, 2.45) is 5.92 Å². The first-order valence-electron chi connectivity index (χ1n) is 9.24. The predicted octanol–water partition coefficient (Wildman–Crippen LogP) is 4.45. The van der Waals surface area contributed by atoms with Gasteiger partial charge in [0.2, 0.25) is 0 Å². The predicted molar refractivity (Wildman–Crippen MR) is 102 cm³/mol. The molecule has 2 aliphatic rings. The van der Waals surface area contributed by atoms with Gasteiger partial charge in [-0.25, -0.2) is 4.98 Å². The summed E-state index contributed by atoms with van der Waals surface area (Å²) in [5.41, 5.74) is 4.81. The van der Waals surface area contributed by atoms with Crippen LogP contribution in [0.25, 0.3) is 22.6 Å². The Balaban J connectivity index is 1.62. The number of hydrogen-bond donors (Lipinski definition) is 1. The van der Waals surface area contributed by atoms with Crippen LogP contribution in [0.15, 0.2) is 47.1 Å². The second-order valence-corrected chi connectivity index (χ2v) is 7.17. The summed E-state index contributed by atoms with van der Waals surface area (Å²) in [6.45, 7) is 0.777. The number of furan rings is 1. The minimum Gasteiger partial charge on any atom is -0.465 e. The number of para-hydroxylation sites is 1. The summed E-state index contributed by atoms with van der Waals surface area (Å²) < 4.78 is 5.46. The normalized spacial score (nSPS) is 17.6. The molecule has 0 radical (unpaired) electrons. The first-order valence-corrected chi connectivity index (χ1v) is 9.24. The van der Waals surface area contributed by atoms with Gasteiger partial charge in [-0.2, -0.15) is 0 Å². The van der Waals surface area contributed by atoms with Gasteiger partial charge >= 0.3 is 0 Å². The Morgan fingerprint density at radius 1 is 1.19 bits per heavy atom. The zero-order chi connectivity index (χ0) is 17.5. The third kappa shape index (κ3) is 2.71. The van der Waals surface area contributed by atoms with E-state index in [0.717, 1.165) is 58.4 Å². The highest BCUT2D eigenvalue weighted by Crippen LogP contribution is 2.37. The average molecular weight is 344 g/mol. The molecule has 0 saturated heterocycles. The molecule has 5 rings (SSSR count). The van der Waals surface area contributed by atoms with Gasteiger partial charge in [0.25, 0.3) is 5.91 Å². The molecule has 0 spiro atoms. The monoisotopic (exact) mass is 344 g/mol. The Hall–Kier alpha value is -2.88. The van der Waals surface area contributed by atoms with Gasteiger partial charge in [-0.05, 0) is 67.0 Å². The van der Waals surface area contributed by atoms with Crippen LogP contribution < -0.4 is 5.32 Å². The van der Waals surface area contributed by atoms with Crippen LogP contribution in [-0.4, -0.2) is 17.4 Å². The summed E-state index contributed by atoms with van der Waals surface area (Å²) >= 11 is 0. The number of aromatic nitrogens is 1. The third-order valence-corrected chi connectivity index (χ3v) is 5.28. The van der Waals surface area contributed by atoms with E-state index in [4.69, 9.17) is 9.40 Å². The van der Waals surface area contributed by atoms with Crippen molar-refractivity contribution in [3.8, 4) is 0 Å². The van der Waals surface area contributed by atoms with E-state index in [1.54, 1.807) is 6.26 Å². The van der Waals surface area contributed by atoms with Gasteiger partial charge in [0.15, 0.2) is 0 Å². The number of pyridine rings is 1. The maximum atomic E-state index is 13.0. The van der Waals surface area contributed by atoms with E-state index in [2.05, 4.69) is 5.32 Å². The molecular formula is C22H20N2O2. The number of carbonyl (C=O) groups is 1. The molecule has 1 amide bonds. The van der Waals surface area contributed by atoms with Crippen LogP contribution in [0.2, 0.25) is 0 Å². The molecule has 0 unspecified atom stereocenters. The fourth-order valence-corrected chi connectivity index (χ4v) is 3.73. The molecule has 0 atom stereocenters. The summed E-state index contributed by atoms with van der Waals surface area (Å²) in [5.74, 6) is 1.52. The molecule has 4 nitrogen and oxygen atoms in total. The highest BCUT2D eigenvalue weighted by Gasteiger charge is 2.28. The van der Waals surface area contributed by atoms with Crippen molar-refractivity contribution in [2.75, 3.05) is 6.54 Å².